The molecule has 0 amide bonds. The lowest BCUT2D eigenvalue weighted by Crippen LogP contribution is -2.30. The fourth-order valence-electron chi connectivity index (χ4n) is 9.35. The van der Waals surface area contributed by atoms with Crippen LogP contribution in [-0.2, 0) is 28.6 Å². The zero-order valence-electron chi connectivity index (χ0n) is 46.2. The molecular formula is C61H118O6. The Balaban J connectivity index is 4.30. The van der Waals surface area contributed by atoms with Crippen LogP contribution in [0.4, 0.5) is 0 Å². The fraction of sp³-hybridized carbons (Fsp3) is 0.951. The fourth-order valence-corrected chi connectivity index (χ4v) is 9.35. The minimum absolute atomic E-state index is 0.0631. The van der Waals surface area contributed by atoms with E-state index in [4.69, 9.17) is 14.2 Å². The van der Waals surface area contributed by atoms with E-state index in [2.05, 4.69) is 41.5 Å². The Morgan fingerprint density at radius 3 is 0.642 bits per heavy atom. The van der Waals surface area contributed by atoms with Crippen LogP contribution < -0.4 is 0 Å². The molecule has 0 rings (SSSR count). The normalized spacial score (nSPS) is 12.1. The molecule has 0 aliphatic carbocycles. The van der Waals surface area contributed by atoms with Gasteiger partial charge in [0, 0.05) is 19.3 Å². The number of hydrogen-bond donors (Lipinski definition) is 0. The molecule has 0 aliphatic rings. The summed E-state index contributed by atoms with van der Waals surface area (Å²) in [4.78, 5) is 38.2. The molecule has 0 aromatic heterocycles. The highest BCUT2D eigenvalue weighted by molar-refractivity contribution is 5.71. The van der Waals surface area contributed by atoms with Gasteiger partial charge in [-0.05, 0) is 37.0 Å². The molecule has 1 atom stereocenters. The third-order valence-electron chi connectivity index (χ3n) is 13.9. The second kappa shape index (κ2) is 52.2. The average Bonchev–Trinajstić information content (AvgIpc) is 3.29. The van der Waals surface area contributed by atoms with Crippen LogP contribution in [0, 0.1) is 17.8 Å². The standard InChI is InChI=1S/C61H118O6/c1-55(2)47-41-35-29-23-17-12-8-7-9-15-21-28-34-40-46-52-61(64)67-58(54-66-60(63)51-45-39-33-27-22-16-19-25-31-37-43-49-57(5)6)53-65-59(62)50-44-38-32-26-20-14-11-10-13-18-24-30-36-42-48-56(3)4/h55-58H,7-54H2,1-6H3/t58-/m1/s1. The van der Waals surface area contributed by atoms with Crippen LogP contribution in [0.5, 0.6) is 0 Å². The zero-order valence-corrected chi connectivity index (χ0v) is 46.2. The van der Waals surface area contributed by atoms with Crippen molar-refractivity contribution in [2.75, 3.05) is 13.2 Å². The Bertz CT molecular complexity index is 1040. The molecule has 6 heteroatoms. The first-order valence-corrected chi connectivity index (χ1v) is 30.1. The third kappa shape index (κ3) is 55.2. The van der Waals surface area contributed by atoms with E-state index >= 15 is 0 Å². The molecule has 0 aromatic rings. The number of esters is 3. The summed E-state index contributed by atoms with van der Waals surface area (Å²) < 4.78 is 16.9. The number of rotatable bonds is 54. The van der Waals surface area contributed by atoms with Gasteiger partial charge in [-0.25, -0.2) is 0 Å². The van der Waals surface area contributed by atoms with E-state index in [9.17, 15) is 14.4 Å². The van der Waals surface area contributed by atoms with Crippen molar-refractivity contribution in [3.05, 3.63) is 0 Å². The van der Waals surface area contributed by atoms with Crippen molar-refractivity contribution in [2.45, 2.75) is 343 Å². The highest BCUT2D eigenvalue weighted by atomic mass is 16.6. The monoisotopic (exact) mass is 947 g/mol. The lowest BCUT2D eigenvalue weighted by atomic mass is 10.0. The van der Waals surface area contributed by atoms with E-state index in [0.29, 0.717) is 19.3 Å². The van der Waals surface area contributed by atoms with Gasteiger partial charge in [-0.1, -0.05) is 298 Å². The first kappa shape index (κ1) is 65.4. The van der Waals surface area contributed by atoms with E-state index < -0.39 is 6.10 Å². The summed E-state index contributed by atoms with van der Waals surface area (Å²) in [6.07, 6.45) is 55.2. The van der Waals surface area contributed by atoms with Crippen molar-refractivity contribution >= 4 is 17.9 Å². The predicted molar refractivity (Wildman–Crippen MR) is 289 cm³/mol. The Labute approximate surface area is 418 Å². The summed E-state index contributed by atoms with van der Waals surface area (Å²) in [6.45, 7) is 13.8. The molecule has 0 aromatic carbocycles. The van der Waals surface area contributed by atoms with Gasteiger partial charge in [0.05, 0.1) is 0 Å². The van der Waals surface area contributed by atoms with Gasteiger partial charge in [-0.3, -0.25) is 14.4 Å². The summed E-state index contributed by atoms with van der Waals surface area (Å²) in [6, 6.07) is 0. The molecule has 0 unspecified atom stereocenters. The number of carbonyl (C=O) groups is 3. The molecule has 0 N–H and O–H groups in total. The van der Waals surface area contributed by atoms with Crippen LogP contribution in [0.1, 0.15) is 337 Å². The van der Waals surface area contributed by atoms with Gasteiger partial charge in [-0.2, -0.15) is 0 Å². The van der Waals surface area contributed by atoms with Gasteiger partial charge in [0.15, 0.2) is 6.10 Å². The van der Waals surface area contributed by atoms with Crippen molar-refractivity contribution in [1.82, 2.24) is 0 Å². The van der Waals surface area contributed by atoms with Gasteiger partial charge in [0.25, 0.3) is 0 Å². The van der Waals surface area contributed by atoms with Crippen LogP contribution >= 0.6 is 0 Å². The maximum absolute atomic E-state index is 12.9. The molecule has 0 spiro atoms. The topological polar surface area (TPSA) is 78.9 Å². The number of hydrogen-bond acceptors (Lipinski definition) is 6. The van der Waals surface area contributed by atoms with Crippen LogP contribution in [0.15, 0.2) is 0 Å². The molecule has 0 saturated heterocycles. The van der Waals surface area contributed by atoms with Crippen molar-refractivity contribution in [3.8, 4) is 0 Å². The van der Waals surface area contributed by atoms with Crippen LogP contribution in [-0.4, -0.2) is 37.2 Å². The van der Waals surface area contributed by atoms with Gasteiger partial charge in [0.1, 0.15) is 13.2 Å². The van der Waals surface area contributed by atoms with Crippen molar-refractivity contribution in [2.24, 2.45) is 17.8 Å². The van der Waals surface area contributed by atoms with Gasteiger partial charge in [0.2, 0.25) is 0 Å². The van der Waals surface area contributed by atoms with E-state index in [-0.39, 0.29) is 31.1 Å². The molecule has 0 aliphatic heterocycles. The van der Waals surface area contributed by atoms with Crippen molar-refractivity contribution in [3.63, 3.8) is 0 Å². The van der Waals surface area contributed by atoms with Gasteiger partial charge in [-0.15, -0.1) is 0 Å². The van der Waals surface area contributed by atoms with Crippen LogP contribution in [0.25, 0.3) is 0 Å². The molecule has 0 bridgehead atoms. The second-order valence-corrected chi connectivity index (χ2v) is 22.4. The molecule has 0 saturated carbocycles. The van der Waals surface area contributed by atoms with E-state index in [1.807, 2.05) is 0 Å². The van der Waals surface area contributed by atoms with E-state index in [0.717, 1.165) is 75.5 Å². The SMILES string of the molecule is CC(C)CCCCCCCCCCCCCCCCCC(=O)O[C@H](COC(=O)CCCCCCCCCCCCCCCCC(C)C)COC(=O)CCCCCCCCCCCCCC(C)C. The zero-order chi connectivity index (χ0) is 49.1. The van der Waals surface area contributed by atoms with Gasteiger partial charge >= 0.3 is 17.9 Å². The molecule has 0 radical (unpaired) electrons. The van der Waals surface area contributed by atoms with Crippen molar-refractivity contribution < 1.29 is 28.6 Å². The lowest BCUT2D eigenvalue weighted by Gasteiger charge is -2.18. The largest absolute Gasteiger partial charge is 0.462 e. The molecule has 67 heavy (non-hydrogen) atoms. The summed E-state index contributed by atoms with van der Waals surface area (Å²) in [5.41, 5.74) is 0. The average molecular weight is 948 g/mol. The summed E-state index contributed by atoms with van der Waals surface area (Å²) in [5, 5.41) is 0. The predicted octanol–water partition coefficient (Wildman–Crippen LogP) is 19.9. The first-order chi connectivity index (χ1) is 32.6. The maximum Gasteiger partial charge on any atom is 0.306 e. The van der Waals surface area contributed by atoms with Crippen LogP contribution in [0.2, 0.25) is 0 Å². The molecular weight excluding hydrogens is 829 g/mol. The smallest absolute Gasteiger partial charge is 0.306 e. The molecule has 0 fully saturated rings. The van der Waals surface area contributed by atoms with Gasteiger partial charge < -0.3 is 14.2 Å². The Morgan fingerprint density at radius 1 is 0.254 bits per heavy atom. The quantitative estimate of drug-likeness (QED) is 0.0343. The van der Waals surface area contributed by atoms with Crippen molar-refractivity contribution in [1.29, 1.82) is 0 Å². The summed E-state index contributed by atoms with van der Waals surface area (Å²) >= 11 is 0. The lowest BCUT2D eigenvalue weighted by molar-refractivity contribution is -0.167. The molecule has 0 heterocycles. The second-order valence-electron chi connectivity index (χ2n) is 22.4. The Morgan fingerprint density at radius 2 is 0.433 bits per heavy atom. The Hall–Kier alpha value is -1.59. The number of carbonyl (C=O) groups excluding carboxylic acids is 3. The first-order valence-electron chi connectivity index (χ1n) is 30.1. The Kier molecular flexibility index (Phi) is 51.0. The minimum Gasteiger partial charge on any atom is -0.462 e. The maximum atomic E-state index is 12.9. The van der Waals surface area contributed by atoms with Crippen LogP contribution in [0.3, 0.4) is 0 Å². The number of unbranched alkanes of at least 4 members (excludes halogenated alkanes) is 37. The molecule has 6 nitrogen and oxygen atoms in total. The van der Waals surface area contributed by atoms with E-state index in [1.165, 1.54) is 218 Å². The molecule has 398 valence electrons. The number of ether oxygens (including phenoxy) is 3. The summed E-state index contributed by atoms with van der Waals surface area (Å²) in [7, 11) is 0. The highest BCUT2D eigenvalue weighted by Crippen LogP contribution is 2.19. The third-order valence-corrected chi connectivity index (χ3v) is 13.9. The minimum atomic E-state index is -0.764. The van der Waals surface area contributed by atoms with E-state index in [1.54, 1.807) is 0 Å². The summed E-state index contributed by atoms with van der Waals surface area (Å²) in [5.74, 6) is 1.68. The highest BCUT2D eigenvalue weighted by Gasteiger charge is 2.19.